The molecule has 0 bridgehead atoms. The number of pyridine rings is 1. The van der Waals surface area contributed by atoms with E-state index in [1.165, 1.54) is 12.3 Å². The lowest BCUT2D eigenvalue weighted by Gasteiger charge is -2.19. The van der Waals surface area contributed by atoms with E-state index in [2.05, 4.69) is 23.7 Å². The summed E-state index contributed by atoms with van der Waals surface area (Å²) in [6.45, 7) is 6.24. The van der Waals surface area contributed by atoms with Gasteiger partial charge in [-0.05, 0) is 17.9 Å². The summed E-state index contributed by atoms with van der Waals surface area (Å²) >= 11 is 0. The molecule has 17 heavy (non-hydrogen) atoms. The van der Waals surface area contributed by atoms with Crippen LogP contribution in [0.4, 0.5) is 11.5 Å². The Labute approximate surface area is 100 Å². The fourth-order valence-electron chi connectivity index (χ4n) is 2.16. The van der Waals surface area contributed by atoms with Crippen LogP contribution in [-0.4, -0.2) is 29.1 Å². The zero-order valence-corrected chi connectivity index (χ0v) is 10.1. The Morgan fingerprint density at radius 2 is 2.06 bits per heavy atom. The minimum atomic E-state index is -1.00. The van der Waals surface area contributed by atoms with Crippen LogP contribution in [0, 0.1) is 11.8 Å². The molecule has 0 amide bonds. The van der Waals surface area contributed by atoms with Gasteiger partial charge in [0.1, 0.15) is 0 Å². The van der Waals surface area contributed by atoms with Gasteiger partial charge in [0.05, 0.1) is 11.3 Å². The number of aromatic carboxylic acids is 1. The highest BCUT2D eigenvalue weighted by atomic mass is 16.4. The van der Waals surface area contributed by atoms with Crippen LogP contribution in [0.1, 0.15) is 24.2 Å². The van der Waals surface area contributed by atoms with E-state index < -0.39 is 5.97 Å². The molecule has 1 aliphatic rings. The fourth-order valence-corrected chi connectivity index (χ4v) is 2.16. The molecule has 0 saturated carbocycles. The maximum atomic E-state index is 10.8. The number of hydrogen-bond donors (Lipinski definition) is 2. The van der Waals surface area contributed by atoms with Gasteiger partial charge in [-0.15, -0.1) is 0 Å². The highest BCUT2D eigenvalue weighted by Crippen LogP contribution is 2.30. The second-order valence-corrected chi connectivity index (χ2v) is 4.80. The highest BCUT2D eigenvalue weighted by Gasteiger charge is 2.28. The number of hydrogen-bond acceptors (Lipinski definition) is 4. The third kappa shape index (κ3) is 2.18. The summed E-state index contributed by atoms with van der Waals surface area (Å²) in [5, 5.41) is 8.84. The van der Waals surface area contributed by atoms with Crippen molar-refractivity contribution in [3.05, 3.63) is 17.8 Å². The normalized spacial score (nSPS) is 24.0. The molecular weight excluding hydrogens is 218 g/mol. The quantitative estimate of drug-likeness (QED) is 0.811. The summed E-state index contributed by atoms with van der Waals surface area (Å²) in [6.07, 6.45) is 1.36. The molecule has 1 aliphatic heterocycles. The fraction of sp³-hybridized carbons (Fsp3) is 0.500. The van der Waals surface area contributed by atoms with Crippen molar-refractivity contribution in [3.63, 3.8) is 0 Å². The van der Waals surface area contributed by atoms with E-state index in [1.54, 1.807) is 0 Å². The summed E-state index contributed by atoms with van der Waals surface area (Å²) < 4.78 is 0. The number of carbonyl (C=O) groups is 1. The third-order valence-electron chi connectivity index (χ3n) is 3.43. The first-order valence-electron chi connectivity index (χ1n) is 5.72. The van der Waals surface area contributed by atoms with Crippen LogP contribution in [0.25, 0.3) is 0 Å². The number of carboxylic acids is 1. The number of anilines is 2. The van der Waals surface area contributed by atoms with Gasteiger partial charge in [-0.3, -0.25) is 0 Å². The maximum absolute atomic E-state index is 10.8. The van der Waals surface area contributed by atoms with Crippen molar-refractivity contribution in [1.29, 1.82) is 0 Å². The molecule has 0 radical (unpaired) electrons. The zero-order chi connectivity index (χ0) is 12.6. The van der Waals surface area contributed by atoms with Crippen LogP contribution in [0.5, 0.6) is 0 Å². The minimum absolute atomic E-state index is 0.131. The Morgan fingerprint density at radius 3 is 2.53 bits per heavy atom. The Hall–Kier alpha value is -1.78. The summed E-state index contributed by atoms with van der Waals surface area (Å²) in [5.41, 5.74) is 6.43. The van der Waals surface area contributed by atoms with E-state index in [4.69, 9.17) is 10.8 Å². The molecule has 92 valence electrons. The monoisotopic (exact) mass is 235 g/mol. The van der Waals surface area contributed by atoms with Crippen LogP contribution >= 0.6 is 0 Å². The summed E-state index contributed by atoms with van der Waals surface area (Å²) in [5.74, 6) is 0.913. The molecule has 0 spiro atoms. The van der Waals surface area contributed by atoms with Crippen molar-refractivity contribution in [2.75, 3.05) is 23.7 Å². The van der Waals surface area contributed by atoms with Crippen LogP contribution < -0.4 is 10.6 Å². The smallest absolute Gasteiger partial charge is 0.337 e. The lowest BCUT2D eigenvalue weighted by molar-refractivity contribution is 0.0696. The molecule has 2 unspecified atom stereocenters. The standard InChI is InChI=1S/C12H17N3O2/c1-7-5-15(6-8(7)2)11-10(13)3-9(4-14-11)12(16)17/h3-4,7-8H,5-6,13H2,1-2H3,(H,16,17). The number of nitrogen functional groups attached to an aromatic ring is 1. The lowest BCUT2D eigenvalue weighted by Crippen LogP contribution is -2.22. The molecule has 0 aromatic carbocycles. The van der Waals surface area contributed by atoms with Gasteiger partial charge < -0.3 is 15.7 Å². The number of nitrogens with two attached hydrogens (primary N) is 1. The van der Waals surface area contributed by atoms with Crippen molar-refractivity contribution >= 4 is 17.5 Å². The summed E-state index contributed by atoms with van der Waals surface area (Å²) in [4.78, 5) is 17.1. The molecule has 1 aromatic rings. The van der Waals surface area contributed by atoms with Crippen molar-refractivity contribution < 1.29 is 9.90 Å². The first-order valence-corrected chi connectivity index (χ1v) is 5.72. The predicted molar refractivity (Wildman–Crippen MR) is 66.1 cm³/mol. The topological polar surface area (TPSA) is 79.5 Å². The van der Waals surface area contributed by atoms with E-state index >= 15 is 0 Å². The van der Waals surface area contributed by atoms with E-state index in [0.717, 1.165) is 13.1 Å². The van der Waals surface area contributed by atoms with Gasteiger partial charge in [0.15, 0.2) is 5.82 Å². The van der Waals surface area contributed by atoms with Gasteiger partial charge in [0.25, 0.3) is 0 Å². The van der Waals surface area contributed by atoms with Crippen LogP contribution in [0.2, 0.25) is 0 Å². The molecule has 5 nitrogen and oxygen atoms in total. The Bertz CT molecular complexity index is 437. The third-order valence-corrected chi connectivity index (χ3v) is 3.43. The van der Waals surface area contributed by atoms with Gasteiger partial charge in [0, 0.05) is 19.3 Å². The van der Waals surface area contributed by atoms with Crippen molar-refractivity contribution in [2.24, 2.45) is 11.8 Å². The first kappa shape index (κ1) is 11.7. The van der Waals surface area contributed by atoms with Gasteiger partial charge in [-0.25, -0.2) is 9.78 Å². The average molecular weight is 235 g/mol. The molecule has 2 atom stereocenters. The van der Waals surface area contributed by atoms with E-state index in [1.807, 2.05) is 0 Å². The van der Waals surface area contributed by atoms with Gasteiger partial charge in [-0.1, -0.05) is 13.8 Å². The van der Waals surface area contributed by atoms with Crippen molar-refractivity contribution in [3.8, 4) is 0 Å². The van der Waals surface area contributed by atoms with Gasteiger partial charge in [-0.2, -0.15) is 0 Å². The summed E-state index contributed by atoms with van der Waals surface area (Å²) in [6, 6.07) is 1.47. The van der Waals surface area contributed by atoms with Gasteiger partial charge >= 0.3 is 5.97 Å². The zero-order valence-electron chi connectivity index (χ0n) is 10.1. The van der Waals surface area contributed by atoms with E-state index in [9.17, 15) is 4.79 Å². The minimum Gasteiger partial charge on any atom is -0.478 e. The molecule has 1 fully saturated rings. The molecule has 3 N–H and O–H groups in total. The van der Waals surface area contributed by atoms with E-state index in [0.29, 0.717) is 23.3 Å². The number of carboxylic acid groups (broad SMARTS) is 1. The first-order chi connectivity index (χ1) is 7.99. The van der Waals surface area contributed by atoms with Crippen molar-refractivity contribution in [1.82, 2.24) is 4.98 Å². The number of rotatable bonds is 2. The van der Waals surface area contributed by atoms with Gasteiger partial charge in [0.2, 0.25) is 0 Å². The Kier molecular flexibility index (Phi) is 2.92. The average Bonchev–Trinajstić information content (AvgIpc) is 2.58. The Balaban J connectivity index is 2.26. The highest BCUT2D eigenvalue weighted by molar-refractivity contribution is 5.89. The molecule has 1 aromatic heterocycles. The Morgan fingerprint density at radius 1 is 1.47 bits per heavy atom. The molecule has 2 rings (SSSR count). The van der Waals surface area contributed by atoms with E-state index in [-0.39, 0.29) is 5.56 Å². The summed E-state index contributed by atoms with van der Waals surface area (Å²) in [7, 11) is 0. The number of nitrogens with zero attached hydrogens (tertiary/aromatic N) is 2. The second kappa shape index (κ2) is 4.24. The maximum Gasteiger partial charge on any atom is 0.337 e. The predicted octanol–water partition coefficient (Wildman–Crippen LogP) is 1.45. The SMILES string of the molecule is CC1CN(c2ncc(C(=O)O)cc2N)CC1C. The van der Waals surface area contributed by atoms with Crippen LogP contribution in [-0.2, 0) is 0 Å². The second-order valence-electron chi connectivity index (χ2n) is 4.80. The molecule has 1 saturated heterocycles. The number of aromatic nitrogens is 1. The largest absolute Gasteiger partial charge is 0.478 e. The lowest BCUT2D eigenvalue weighted by atomic mass is 10.0. The van der Waals surface area contributed by atoms with Crippen LogP contribution in [0.15, 0.2) is 12.3 Å². The molecular formula is C12H17N3O2. The van der Waals surface area contributed by atoms with Crippen LogP contribution in [0.3, 0.4) is 0 Å². The molecule has 5 heteroatoms. The van der Waals surface area contributed by atoms with Crippen molar-refractivity contribution in [2.45, 2.75) is 13.8 Å². The molecule has 0 aliphatic carbocycles. The molecule has 2 heterocycles.